The smallest absolute Gasteiger partial charge is 0.242 e. The van der Waals surface area contributed by atoms with Crippen LogP contribution in [0.4, 0.5) is 11.5 Å². The second-order valence-electron chi connectivity index (χ2n) is 9.16. The number of aromatic nitrogens is 4. The van der Waals surface area contributed by atoms with E-state index >= 15 is 0 Å². The highest BCUT2D eigenvalue weighted by atomic mass is 16.2. The van der Waals surface area contributed by atoms with Crippen LogP contribution in [0.1, 0.15) is 24.8 Å². The number of nitrogen functional groups attached to an aromatic ring is 1. The van der Waals surface area contributed by atoms with Crippen LogP contribution in [-0.4, -0.2) is 50.1 Å². The van der Waals surface area contributed by atoms with Crippen molar-refractivity contribution in [1.29, 1.82) is 0 Å². The van der Waals surface area contributed by atoms with Crippen LogP contribution in [0.5, 0.6) is 0 Å². The molecule has 1 saturated carbocycles. The monoisotopic (exact) mass is 442 g/mol. The van der Waals surface area contributed by atoms with Crippen molar-refractivity contribution in [3.63, 3.8) is 0 Å². The molecule has 3 heterocycles. The van der Waals surface area contributed by atoms with Crippen molar-refractivity contribution in [3.05, 3.63) is 54.6 Å². The number of hydrogen-bond donors (Lipinski definition) is 3. The molecular weight excluding hydrogens is 416 g/mol. The highest BCUT2D eigenvalue weighted by Gasteiger charge is 2.43. The third-order valence-corrected chi connectivity index (χ3v) is 6.78. The van der Waals surface area contributed by atoms with E-state index in [9.17, 15) is 4.79 Å². The summed E-state index contributed by atoms with van der Waals surface area (Å²) in [5, 5.41) is 5.39. The number of nitrogens with two attached hydrogens (primary N) is 2. The lowest BCUT2D eigenvalue weighted by atomic mass is 9.98. The van der Waals surface area contributed by atoms with E-state index in [4.69, 9.17) is 11.5 Å². The highest BCUT2D eigenvalue weighted by Crippen LogP contribution is 2.34. The number of anilines is 2. The number of amides is 1. The summed E-state index contributed by atoms with van der Waals surface area (Å²) in [6.45, 7) is 1.77. The van der Waals surface area contributed by atoms with Crippen LogP contribution >= 0.6 is 0 Å². The van der Waals surface area contributed by atoms with Gasteiger partial charge in [0.05, 0.1) is 12.9 Å². The summed E-state index contributed by atoms with van der Waals surface area (Å²) in [5.74, 6) is 0.327. The predicted octanol–water partition coefficient (Wildman–Crippen LogP) is 1.80. The van der Waals surface area contributed by atoms with Gasteiger partial charge in [0.1, 0.15) is 17.4 Å². The SMILES string of the molecule is Nc1ncnc2c1ncn2Cc1c(N2CCC(N)(C(=O)NC3CC3)C2)ccc2ccccc12. The Bertz CT molecular complexity index is 1380. The molecule has 9 nitrogen and oxygen atoms in total. The third kappa shape index (κ3) is 3.45. The molecule has 1 aliphatic heterocycles. The molecule has 1 unspecified atom stereocenters. The minimum atomic E-state index is -0.880. The number of imidazole rings is 1. The number of nitrogens with zero attached hydrogens (tertiary/aromatic N) is 5. The maximum Gasteiger partial charge on any atom is 0.242 e. The molecule has 168 valence electrons. The van der Waals surface area contributed by atoms with Gasteiger partial charge < -0.3 is 26.3 Å². The van der Waals surface area contributed by atoms with Crippen LogP contribution in [0, 0.1) is 0 Å². The Morgan fingerprint density at radius 1 is 1.15 bits per heavy atom. The van der Waals surface area contributed by atoms with Gasteiger partial charge in [0, 0.05) is 30.4 Å². The number of nitrogens with one attached hydrogen (secondary N) is 1. The van der Waals surface area contributed by atoms with Crippen LogP contribution in [0.2, 0.25) is 0 Å². The lowest BCUT2D eigenvalue weighted by Gasteiger charge is -2.27. The van der Waals surface area contributed by atoms with E-state index in [0.717, 1.165) is 41.4 Å². The number of carbonyl (C=O) groups excluding carboxylic acids is 1. The Balaban J connectivity index is 1.39. The molecule has 6 rings (SSSR count). The second-order valence-corrected chi connectivity index (χ2v) is 9.16. The topological polar surface area (TPSA) is 128 Å². The summed E-state index contributed by atoms with van der Waals surface area (Å²) in [7, 11) is 0. The van der Waals surface area contributed by atoms with Gasteiger partial charge in [-0.15, -0.1) is 0 Å². The van der Waals surface area contributed by atoms with Gasteiger partial charge >= 0.3 is 0 Å². The number of carbonyl (C=O) groups is 1. The van der Waals surface area contributed by atoms with E-state index in [2.05, 4.69) is 49.4 Å². The van der Waals surface area contributed by atoms with Crippen LogP contribution < -0.4 is 21.7 Å². The number of benzene rings is 2. The van der Waals surface area contributed by atoms with Crippen molar-refractivity contribution >= 4 is 39.3 Å². The van der Waals surface area contributed by atoms with Gasteiger partial charge in [0.15, 0.2) is 11.5 Å². The van der Waals surface area contributed by atoms with Gasteiger partial charge in [-0.3, -0.25) is 4.79 Å². The zero-order valence-electron chi connectivity index (χ0n) is 18.2. The first-order valence-electron chi connectivity index (χ1n) is 11.3. The molecule has 4 aromatic rings. The molecule has 1 saturated heterocycles. The van der Waals surface area contributed by atoms with E-state index in [1.54, 1.807) is 6.33 Å². The average Bonchev–Trinajstić information content (AvgIpc) is 3.40. The molecule has 1 amide bonds. The largest absolute Gasteiger partial charge is 0.382 e. The van der Waals surface area contributed by atoms with Crippen molar-refractivity contribution < 1.29 is 4.79 Å². The van der Waals surface area contributed by atoms with Crippen molar-refractivity contribution in [2.45, 2.75) is 37.4 Å². The maximum absolute atomic E-state index is 12.8. The second kappa shape index (κ2) is 7.41. The van der Waals surface area contributed by atoms with Crippen molar-refractivity contribution in [1.82, 2.24) is 24.8 Å². The van der Waals surface area contributed by atoms with E-state index in [1.807, 2.05) is 16.7 Å². The molecule has 9 heteroatoms. The van der Waals surface area contributed by atoms with E-state index < -0.39 is 5.54 Å². The Morgan fingerprint density at radius 3 is 2.85 bits per heavy atom. The standard InChI is InChI=1S/C24H26N8O/c25-21-20-22(28-13-27-21)32(14-29-20)11-18-17-4-2-1-3-15(17)5-8-19(18)31-10-9-24(26,12-31)23(33)30-16-6-7-16/h1-5,8,13-14,16H,6-7,9-12,26H2,(H,30,33)(H2,25,27,28). The first kappa shape index (κ1) is 19.9. The zero-order valence-corrected chi connectivity index (χ0v) is 18.2. The van der Waals surface area contributed by atoms with Crippen LogP contribution in [0.25, 0.3) is 21.9 Å². The summed E-state index contributed by atoms with van der Waals surface area (Å²) >= 11 is 0. The first-order valence-corrected chi connectivity index (χ1v) is 11.3. The molecule has 2 aromatic carbocycles. The molecule has 2 fully saturated rings. The van der Waals surface area contributed by atoms with Gasteiger partial charge in [0.25, 0.3) is 0 Å². The Morgan fingerprint density at radius 2 is 2.00 bits per heavy atom. The molecular formula is C24H26N8O. The summed E-state index contributed by atoms with van der Waals surface area (Å²) in [6, 6.07) is 12.9. The van der Waals surface area contributed by atoms with Gasteiger partial charge in [-0.05, 0) is 36.1 Å². The van der Waals surface area contributed by atoms with Gasteiger partial charge in [-0.1, -0.05) is 30.3 Å². The van der Waals surface area contributed by atoms with Crippen molar-refractivity contribution in [2.75, 3.05) is 23.7 Å². The Kier molecular flexibility index (Phi) is 4.48. The minimum Gasteiger partial charge on any atom is -0.382 e. The first-order chi connectivity index (χ1) is 16.0. The molecule has 0 bridgehead atoms. The number of hydrogen-bond acceptors (Lipinski definition) is 7. The minimum absolute atomic E-state index is 0.0392. The quantitative estimate of drug-likeness (QED) is 0.430. The average molecular weight is 443 g/mol. The lowest BCUT2D eigenvalue weighted by Crippen LogP contribution is -2.56. The molecule has 0 radical (unpaired) electrons. The van der Waals surface area contributed by atoms with E-state index in [1.165, 1.54) is 6.33 Å². The van der Waals surface area contributed by atoms with E-state index in [-0.39, 0.29) is 5.91 Å². The van der Waals surface area contributed by atoms with Gasteiger partial charge in [-0.25, -0.2) is 15.0 Å². The van der Waals surface area contributed by atoms with Crippen LogP contribution in [0.15, 0.2) is 49.1 Å². The number of rotatable bonds is 5. The normalized spacial score (nSPS) is 20.6. The fraction of sp³-hybridized carbons (Fsp3) is 0.333. The Labute approximate surface area is 190 Å². The molecule has 1 aliphatic carbocycles. The summed E-state index contributed by atoms with van der Waals surface area (Å²) in [5.41, 5.74) is 15.2. The molecule has 1 atom stereocenters. The molecule has 2 aliphatic rings. The highest BCUT2D eigenvalue weighted by molar-refractivity contribution is 5.92. The van der Waals surface area contributed by atoms with Gasteiger partial charge in [-0.2, -0.15) is 0 Å². The number of fused-ring (bicyclic) bond motifs is 2. The molecule has 33 heavy (non-hydrogen) atoms. The van der Waals surface area contributed by atoms with Crippen molar-refractivity contribution in [2.24, 2.45) is 5.73 Å². The molecule has 2 aromatic heterocycles. The van der Waals surface area contributed by atoms with Crippen LogP contribution in [-0.2, 0) is 11.3 Å². The Hall–Kier alpha value is -3.72. The van der Waals surface area contributed by atoms with Crippen molar-refractivity contribution in [3.8, 4) is 0 Å². The van der Waals surface area contributed by atoms with Gasteiger partial charge in [0.2, 0.25) is 5.91 Å². The maximum atomic E-state index is 12.8. The predicted molar refractivity (Wildman–Crippen MR) is 128 cm³/mol. The zero-order chi connectivity index (χ0) is 22.6. The lowest BCUT2D eigenvalue weighted by molar-refractivity contribution is -0.125. The molecule has 0 spiro atoms. The molecule has 5 N–H and O–H groups in total. The summed E-state index contributed by atoms with van der Waals surface area (Å²) in [4.78, 5) is 27.9. The fourth-order valence-corrected chi connectivity index (χ4v) is 4.75. The van der Waals surface area contributed by atoms with E-state index in [0.29, 0.717) is 42.5 Å². The summed E-state index contributed by atoms with van der Waals surface area (Å²) in [6.07, 6.45) is 5.93. The fourth-order valence-electron chi connectivity index (χ4n) is 4.75. The van der Waals surface area contributed by atoms with Crippen LogP contribution in [0.3, 0.4) is 0 Å². The third-order valence-electron chi connectivity index (χ3n) is 6.78. The summed E-state index contributed by atoms with van der Waals surface area (Å²) < 4.78 is 1.99.